The molecule has 0 aliphatic carbocycles. The van der Waals surface area contributed by atoms with Crippen molar-refractivity contribution >= 4 is 12.2 Å². The van der Waals surface area contributed by atoms with Crippen LogP contribution in [-0.4, -0.2) is 49.3 Å². The number of ether oxygens (including phenoxy) is 2. The maximum atomic E-state index is 10.1. The molecule has 2 aromatic heterocycles. The molecule has 2 N–H and O–H groups in total. The predicted molar refractivity (Wildman–Crippen MR) is 84.4 cm³/mol. The van der Waals surface area contributed by atoms with E-state index in [-0.39, 0.29) is 19.1 Å². The van der Waals surface area contributed by atoms with Crippen LogP contribution in [0.5, 0.6) is 0 Å². The van der Waals surface area contributed by atoms with E-state index in [1.807, 2.05) is 0 Å². The lowest BCUT2D eigenvalue weighted by atomic mass is 9.99. The third-order valence-corrected chi connectivity index (χ3v) is 4.69. The quantitative estimate of drug-likeness (QED) is 0.486. The van der Waals surface area contributed by atoms with Crippen molar-refractivity contribution in [2.75, 3.05) is 6.61 Å². The van der Waals surface area contributed by atoms with Gasteiger partial charge in [0, 0.05) is 13.0 Å². The van der Waals surface area contributed by atoms with E-state index in [0.717, 1.165) is 0 Å². The van der Waals surface area contributed by atoms with Gasteiger partial charge in [-0.1, -0.05) is 6.08 Å². The molecule has 2 aromatic rings. The molecule has 128 valence electrons. The van der Waals surface area contributed by atoms with Gasteiger partial charge in [-0.2, -0.15) is 0 Å². The molecule has 2 fully saturated rings. The van der Waals surface area contributed by atoms with Crippen molar-refractivity contribution in [2.24, 2.45) is 0 Å². The summed E-state index contributed by atoms with van der Waals surface area (Å²) in [5.41, 5.74) is 0. The van der Waals surface area contributed by atoms with E-state index in [1.54, 1.807) is 33.7 Å². The van der Waals surface area contributed by atoms with Gasteiger partial charge in [-0.05, 0) is 24.4 Å². The molecule has 0 amide bonds. The fraction of sp³-hybridized carbons (Fsp3) is 0.467. The first-order valence-electron chi connectivity index (χ1n) is 7.57. The van der Waals surface area contributed by atoms with Crippen LogP contribution in [-0.2, 0) is 16.0 Å². The highest BCUT2D eigenvalue weighted by Gasteiger charge is 2.53. The Morgan fingerprint density at radius 3 is 3.04 bits per heavy atom. The van der Waals surface area contributed by atoms with Crippen molar-refractivity contribution in [3.8, 4) is 11.6 Å². The summed E-state index contributed by atoms with van der Waals surface area (Å²) < 4.78 is 20.1. The van der Waals surface area contributed by atoms with E-state index >= 15 is 0 Å². The lowest BCUT2D eigenvalue weighted by molar-refractivity contribution is -0.315. The van der Waals surface area contributed by atoms with E-state index < -0.39 is 18.1 Å². The summed E-state index contributed by atoms with van der Waals surface area (Å²) in [7, 11) is 0. The van der Waals surface area contributed by atoms with Gasteiger partial charge >= 0.3 is 0 Å². The number of furan rings is 1. The molecule has 9 heteroatoms. The third-order valence-electron chi connectivity index (χ3n) is 4.28. The van der Waals surface area contributed by atoms with Gasteiger partial charge in [-0.25, -0.2) is 4.68 Å². The average Bonchev–Trinajstić information content (AvgIpc) is 3.25. The van der Waals surface area contributed by atoms with Crippen LogP contribution in [0, 0.1) is 4.77 Å². The molecule has 8 nitrogen and oxygen atoms in total. The van der Waals surface area contributed by atoms with Gasteiger partial charge in [0.15, 0.2) is 16.4 Å². The van der Waals surface area contributed by atoms with Gasteiger partial charge in [0.2, 0.25) is 12.1 Å². The number of aliphatic hydroxyl groups is 2. The zero-order valence-electron chi connectivity index (χ0n) is 12.7. The number of hydrogen-bond donors (Lipinski definition) is 2. The Hall–Kier alpha value is -1.78. The monoisotopic (exact) mass is 351 g/mol. The van der Waals surface area contributed by atoms with Crippen molar-refractivity contribution in [3.63, 3.8) is 0 Å². The first-order chi connectivity index (χ1) is 11.5. The average molecular weight is 351 g/mol. The van der Waals surface area contributed by atoms with Crippen LogP contribution >= 0.6 is 12.2 Å². The number of nitrogens with zero attached hydrogens (tertiary/aromatic N) is 3. The summed E-state index contributed by atoms with van der Waals surface area (Å²) in [4.78, 5) is 0. The molecular weight excluding hydrogens is 334 g/mol. The maximum Gasteiger partial charge on any atom is 0.217 e. The van der Waals surface area contributed by atoms with Crippen LogP contribution in [0.4, 0.5) is 0 Å². The van der Waals surface area contributed by atoms with Crippen LogP contribution in [0.15, 0.2) is 35.5 Å². The summed E-state index contributed by atoms with van der Waals surface area (Å²) in [6.45, 7) is 4.45. The summed E-state index contributed by atoms with van der Waals surface area (Å²) in [6, 6.07) is 3.10. The summed E-state index contributed by atoms with van der Waals surface area (Å²) in [5, 5.41) is 24.8. The van der Waals surface area contributed by atoms with Crippen LogP contribution in [0.25, 0.3) is 11.6 Å². The van der Waals surface area contributed by atoms with E-state index in [1.165, 1.54) is 0 Å². The molecule has 2 bridgehead atoms. The number of rotatable bonds is 4. The highest BCUT2D eigenvalue weighted by Crippen LogP contribution is 2.40. The Morgan fingerprint density at radius 1 is 1.50 bits per heavy atom. The van der Waals surface area contributed by atoms with Crippen LogP contribution < -0.4 is 0 Å². The number of allylic oxidation sites excluding steroid dienone is 1. The predicted octanol–water partition coefficient (Wildman–Crippen LogP) is 1.23. The van der Waals surface area contributed by atoms with Crippen molar-refractivity contribution in [2.45, 2.75) is 37.2 Å². The third kappa shape index (κ3) is 2.36. The van der Waals surface area contributed by atoms with Crippen molar-refractivity contribution in [3.05, 3.63) is 35.8 Å². The fourth-order valence-electron chi connectivity index (χ4n) is 3.15. The van der Waals surface area contributed by atoms with E-state index in [2.05, 4.69) is 11.7 Å². The largest absolute Gasteiger partial charge is 0.461 e. The first kappa shape index (κ1) is 15.7. The molecule has 2 aliphatic heterocycles. The summed E-state index contributed by atoms with van der Waals surface area (Å²) in [6.07, 6.45) is 1.90. The van der Waals surface area contributed by atoms with Crippen LogP contribution in [0.1, 0.15) is 12.5 Å². The molecule has 4 rings (SSSR count). The maximum absolute atomic E-state index is 10.1. The van der Waals surface area contributed by atoms with Crippen molar-refractivity contribution < 1.29 is 24.1 Å². The minimum Gasteiger partial charge on any atom is -0.461 e. The van der Waals surface area contributed by atoms with Crippen molar-refractivity contribution in [1.29, 1.82) is 0 Å². The standard InChI is InChI=1S/C15H17N3O5S/c1-2-5-17-12(10-4-3-6-21-10)16-18(14(17)24)9-7-15(19,20)13-22-8-11(9)23-13/h2-4,6,9,11,13,19-20H,1,5,7-8H2. The minimum atomic E-state index is -2.08. The number of fused-ring (bicyclic) bond motifs is 2. The molecule has 0 radical (unpaired) electrons. The van der Waals surface area contributed by atoms with Gasteiger partial charge < -0.3 is 24.1 Å². The zero-order valence-corrected chi connectivity index (χ0v) is 13.6. The fourth-order valence-corrected chi connectivity index (χ4v) is 3.49. The highest BCUT2D eigenvalue weighted by atomic mass is 32.1. The molecule has 3 unspecified atom stereocenters. The molecule has 0 aromatic carbocycles. The lowest BCUT2D eigenvalue weighted by Gasteiger charge is -2.36. The van der Waals surface area contributed by atoms with Gasteiger partial charge in [0.1, 0.15) is 6.10 Å². The molecule has 0 spiro atoms. The molecule has 24 heavy (non-hydrogen) atoms. The second kappa shape index (κ2) is 5.64. The van der Waals surface area contributed by atoms with Crippen LogP contribution in [0.2, 0.25) is 0 Å². The van der Waals surface area contributed by atoms with E-state index in [0.29, 0.717) is 22.9 Å². The Morgan fingerprint density at radius 2 is 2.33 bits per heavy atom. The smallest absolute Gasteiger partial charge is 0.217 e. The zero-order chi connectivity index (χ0) is 16.9. The normalized spacial score (nSPS) is 28.2. The Balaban J connectivity index is 1.80. The molecule has 4 heterocycles. The number of hydrogen-bond acceptors (Lipinski definition) is 7. The van der Waals surface area contributed by atoms with Crippen molar-refractivity contribution in [1.82, 2.24) is 14.3 Å². The Bertz CT molecular complexity index is 810. The Labute approximate surface area is 142 Å². The molecule has 2 saturated heterocycles. The van der Waals surface area contributed by atoms with Gasteiger partial charge in [-0.3, -0.25) is 4.57 Å². The highest BCUT2D eigenvalue weighted by molar-refractivity contribution is 7.71. The second-order valence-electron chi connectivity index (χ2n) is 5.92. The SMILES string of the molecule is C=CCn1c(-c2ccco2)nn(C2CC(O)(O)C3OCC2O3)c1=S. The van der Waals surface area contributed by atoms with E-state index in [9.17, 15) is 10.2 Å². The second-order valence-corrected chi connectivity index (χ2v) is 6.28. The topological polar surface area (TPSA) is 94.8 Å². The molecule has 0 saturated carbocycles. The van der Waals surface area contributed by atoms with Crippen LogP contribution in [0.3, 0.4) is 0 Å². The van der Waals surface area contributed by atoms with Gasteiger partial charge in [0.25, 0.3) is 0 Å². The Kier molecular flexibility index (Phi) is 3.70. The molecular formula is C15H17N3O5S. The van der Waals surface area contributed by atoms with E-state index in [4.69, 9.17) is 26.1 Å². The minimum absolute atomic E-state index is 0.0132. The lowest BCUT2D eigenvalue weighted by Crippen LogP contribution is -2.50. The van der Waals surface area contributed by atoms with Gasteiger partial charge in [0.05, 0.1) is 18.9 Å². The van der Waals surface area contributed by atoms with Gasteiger partial charge in [-0.15, -0.1) is 11.7 Å². The number of aromatic nitrogens is 3. The molecule has 2 aliphatic rings. The first-order valence-corrected chi connectivity index (χ1v) is 7.98. The summed E-state index contributed by atoms with van der Waals surface area (Å²) in [5.74, 6) is -0.967. The summed E-state index contributed by atoms with van der Waals surface area (Å²) >= 11 is 5.54. The molecule has 3 atom stereocenters.